The third kappa shape index (κ3) is 4.12. The van der Waals surface area contributed by atoms with Crippen molar-refractivity contribution >= 4 is 39.7 Å². The number of carbonyl (C=O) groups is 1. The molecular formula is C14H22ClN3O3S. The van der Waals surface area contributed by atoms with Crippen LogP contribution < -0.4 is 15.4 Å². The molecule has 0 bridgehead atoms. The van der Waals surface area contributed by atoms with Crippen molar-refractivity contribution in [3.8, 4) is 0 Å². The molecule has 0 aromatic heterocycles. The average Bonchev–Trinajstić information content (AvgIpc) is 2.78. The van der Waals surface area contributed by atoms with E-state index in [0.717, 1.165) is 0 Å². The Morgan fingerprint density at radius 1 is 1.27 bits per heavy atom. The fourth-order valence-corrected chi connectivity index (χ4v) is 3.73. The zero-order chi connectivity index (χ0) is 15.6. The number of nitrogens with zero attached hydrogens (tertiary/aromatic N) is 1. The summed E-state index contributed by atoms with van der Waals surface area (Å²) in [7, 11) is -3.17. The van der Waals surface area contributed by atoms with Crippen LogP contribution in [0.1, 0.15) is 20.3 Å². The van der Waals surface area contributed by atoms with E-state index in [0.29, 0.717) is 24.3 Å². The van der Waals surface area contributed by atoms with Gasteiger partial charge in [0.15, 0.2) is 0 Å². The molecule has 1 aliphatic rings. The number of nitrogens with one attached hydrogen (secondary N) is 1. The van der Waals surface area contributed by atoms with Gasteiger partial charge in [-0.05, 0) is 36.6 Å². The molecule has 0 unspecified atom stereocenters. The van der Waals surface area contributed by atoms with E-state index in [1.165, 1.54) is 4.31 Å². The summed E-state index contributed by atoms with van der Waals surface area (Å²) in [5.74, 6) is -0.0000805. The van der Waals surface area contributed by atoms with Crippen molar-refractivity contribution in [1.82, 2.24) is 0 Å². The van der Waals surface area contributed by atoms with Crippen molar-refractivity contribution < 1.29 is 13.2 Å². The van der Waals surface area contributed by atoms with E-state index in [9.17, 15) is 13.2 Å². The number of nitrogens with two attached hydrogens (primary N) is 1. The number of sulfonamides is 1. The minimum atomic E-state index is -3.17. The Bertz CT molecular complexity index is 617. The normalized spacial score (nSPS) is 17.9. The lowest BCUT2D eigenvalue weighted by Gasteiger charge is -2.18. The van der Waals surface area contributed by atoms with Gasteiger partial charge in [0, 0.05) is 12.2 Å². The van der Waals surface area contributed by atoms with Gasteiger partial charge < -0.3 is 11.1 Å². The molecule has 124 valence electrons. The summed E-state index contributed by atoms with van der Waals surface area (Å²) in [5.41, 5.74) is 7.00. The Hall–Kier alpha value is -1.31. The molecule has 8 heteroatoms. The number of hydrogen-bond donors (Lipinski definition) is 2. The predicted octanol–water partition coefficient (Wildman–Crippen LogP) is 1.57. The quantitative estimate of drug-likeness (QED) is 0.864. The average molecular weight is 348 g/mol. The summed E-state index contributed by atoms with van der Waals surface area (Å²) in [6.45, 7) is 4.27. The fraction of sp³-hybridized carbons (Fsp3) is 0.500. The number of benzene rings is 1. The molecule has 1 fully saturated rings. The molecule has 1 aliphatic heterocycles. The number of anilines is 2. The first-order valence-corrected chi connectivity index (χ1v) is 8.59. The Labute approximate surface area is 137 Å². The van der Waals surface area contributed by atoms with E-state index in [4.69, 9.17) is 5.73 Å². The van der Waals surface area contributed by atoms with E-state index in [-0.39, 0.29) is 30.0 Å². The van der Waals surface area contributed by atoms with Gasteiger partial charge in [-0.1, -0.05) is 13.8 Å². The first-order valence-electron chi connectivity index (χ1n) is 6.98. The third-order valence-corrected chi connectivity index (χ3v) is 5.41. The molecule has 3 N–H and O–H groups in total. The predicted molar refractivity (Wildman–Crippen MR) is 90.9 cm³/mol. The highest BCUT2D eigenvalue weighted by molar-refractivity contribution is 7.93. The highest BCUT2D eigenvalue weighted by Gasteiger charge is 2.28. The molecule has 1 atom stereocenters. The van der Waals surface area contributed by atoms with Crippen LogP contribution in [0.25, 0.3) is 0 Å². The van der Waals surface area contributed by atoms with E-state index >= 15 is 0 Å². The van der Waals surface area contributed by atoms with Gasteiger partial charge in [-0.2, -0.15) is 0 Å². The summed E-state index contributed by atoms with van der Waals surface area (Å²) >= 11 is 0. The van der Waals surface area contributed by atoms with E-state index < -0.39 is 16.1 Å². The minimum absolute atomic E-state index is 0. The Morgan fingerprint density at radius 2 is 1.86 bits per heavy atom. The van der Waals surface area contributed by atoms with Gasteiger partial charge in [0.2, 0.25) is 15.9 Å². The maximum Gasteiger partial charge on any atom is 0.241 e. The number of amides is 1. The van der Waals surface area contributed by atoms with Crippen LogP contribution in [0, 0.1) is 5.92 Å². The lowest BCUT2D eigenvalue weighted by molar-refractivity contribution is -0.118. The molecule has 1 saturated heterocycles. The van der Waals surface area contributed by atoms with Crippen molar-refractivity contribution in [3.63, 3.8) is 0 Å². The number of hydrogen-bond acceptors (Lipinski definition) is 4. The van der Waals surface area contributed by atoms with Gasteiger partial charge in [-0.3, -0.25) is 9.10 Å². The summed E-state index contributed by atoms with van der Waals surface area (Å²) in [6, 6.07) is 6.20. The molecule has 1 amide bonds. The molecule has 0 aliphatic carbocycles. The molecule has 6 nitrogen and oxygen atoms in total. The van der Waals surface area contributed by atoms with Crippen LogP contribution in [0.4, 0.5) is 11.4 Å². The first kappa shape index (κ1) is 18.7. The van der Waals surface area contributed by atoms with Crippen LogP contribution >= 0.6 is 12.4 Å². The van der Waals surface area contributed by atoms with Gasteiger partial charge in [0.25, 0.3) is 0 Å². The molecule has 1 aromatic rings. The van der Waals surface area contributed by atoms with Crippen LogP contribution in [0.3, 0.4) is 0 Å². The van der Waals surface area contributed by atoms with Crippen LogP contribution in [-0.2, 0) is 14.8 Å². The summed E-state index contributed by atoms with van der Waals surface area (Å²) < 4.78 is 25.1. The smallest absolute Gasteiger partial charge is 0.241 e. The van der Waals surface area contributed by atoms with Crippen molar-refractivity contribution in [1.29, 1.82) is 0 Å². The Morgan fingerprint density at radius 3 is 2.32 bits per heavy atom. The van der Waals surface area contributed by atoms with Gasteiger partial charge >= 0.3 is 0 Å². The van der Waals surface area contributed by atoms with Crippen molar-refractivity contribution in [3.05, 3.63) is 24.3 Å². The number of halogens is 1. The minimum Gasteiger partial charge on any atom is -0.325 e. The monoisotopic (exact) mass is 347 g/mol. The van der Waals surface area contributed by atoms with Crippen molar-refractivity contribution in [2.45, 2.75) is 26.3 Å². The lowest BCUT2D eigenvalue weighted by Crippen LogP contribution is -2.39. The topological polar surface area (TPSA) is 92.5 Å². The molecule has 0 spiro atoms. The van der Waals surface area contributed by atoms with E-state index in [1.807, 2.05) is 13.8 Å². The van der Waals surface area contributed by atoms with Crippen molar-refractivity contribution in [2.24, 2.45) is 11.7 Å². The van der Waals surface area contributed by atoms with Crippen LogP contribution in [0.15, 0.2) is 24.3 Å². The Balaban J connectivity index is 0.00000242. The van der Waals surface area contributed by atoms with Gasteiger partial charge in [0.1, 0.15) is 0 Å². The second kappa shape index (κ2) is 7.30. The largest absolute Gasteiger partial charge is 0.325 e. The maximum absolute atomic E-state index is 11.9. The SMILES string of the molecule is CC(C)[C@H](N)C(=O)Nc1ccc(N2CCCS2(=O)=O)cc1.Cl. The lowest BCUT2D eigenvalue weighted by atomic mass is 10.0. The molecule has 2 rings (SSSR count). The highest BCUT2D eigenvalue weighted by atomic mass is 35.5. The summed E-state index contributed by atoms with van der Waals surface area (Å²) in [4.78, 5) is 11.9. The zero-order valence-electron chi connectivity index (χ0n) is 12.7. The molecule has 22 heavy (non-hydrogen) atoms. The van der Waals surface area contributed by atoms with Crippen LogP contribution in [0.5, 0.6) is 0 Å². The number of carbonyl (C=O) groups excluding carboxylic acids is 1. The van der Waals surface area contributed by atoms with Crippen LogP contribution in [-0.4, -0.2) is 32.7 Å². The fourth-order valence-electron chi connectivity index (χ4n) is 2.17. The summed E-state index contributed by atoms with van der Waals surface area (Å²) in [5, 5.41) is 2.73. The molecule has 1 heterocycles. The molecule has 0 radical (unpaired) electrons. The summed E-state index contributed by atoms with van der Waals surface area (Å²) in [6.07, 6.45) is 0.643. The third-order valence-electron chi connectivity index (χ3n) is 3.54. The second-order valence-electron chi connectivity index (χ2n) is 5.55. The Kier molecular flexibility index (Phi) is 6.22. The van der Waals surface area contributed by atoms with Crippen LogP contribution in [0.2, 0.25) is 0 Å². The first-order chi connectivity index (χ1) is 9.81. The standard InChI is InChI=1S/C14H21N3O3S.ClH/c1-10(2)13(15)14(18)16-11-4-6-12(7-5-11)17-8-3-9-21(17,19)20;/h4-7,10,13H,3,8-9,15H2,1-2H3,(H,16,18);1H/t13-;/m0./s1. The molecule has 1 aromatic carbocycles. The zero-order valence-corrected chi connectivity index (χ0v) is 14.3. The number of rotatable bonds is 4. The van der Waals surface area contributed by atoms with E-state index in [2.05, 4.69) is 5.32 Å². The molecular weight excluding hydrogens is 326 g/mol. The van der Waals surface area contributed by atoms with Gasteiger partial charge in [-0.25, -0.2) is 8.42 Å². The van der Waals surface area contributed by atoms with Gasteiger partial charge in [-0.15, -0.1) is 12.4 Å². The van der Waals surface area contributed by atoms with E-state index in [1.54, 1.807) is 24.3 Å². The van der Waals surface area contributed by atoms with Gasteiger partial charge in [0.05, 0.1) is 17.5 Å². The maximum atomic E-state index is 11.9. The highest BCUT2D eigenvalue weighted by Crippen LogP contribution is 2.25. The molecule has 0 saturated carbocycles. The second-order valence-corrected chi connectivity index (χ2v) is 7.56. The van der Waals surface area contributed by atoms with Crippen molar-refractivity contribution in [2.75, 3.05) is 21.9 Å².